The van der Waals surface area contributed by atoms with E-state index < -0.39 is 11.7 Å². The average Bonchev–Trinajstić information content (AvgIpc) is 2.46. The van der Waals surface area contributed by atoms with Gasteiger partial charge >= 0.3 is 6.18 Å². The van der Waals surface area contributed by atoms with Crippen LogP contribution in [0.5, 0.6) is 0 Å². The summed E-state index contributed by atoms with van der Waals surface area (Å²) in [7, 11) is 1.74. The van der Waals surface area contributed by atoms with Crippen LogP contribution in [0.25, 0.3) is 0 Å². The summed E-state index contributed by atoms with van der Waals surface area (Å²) in [5, 5.41) is 3.68. The first-order valence-corrected chi connectivity index (χ1v) is 6.73. The Kier molecular flexibility index (Phi) is 4.85. The van der Waals surface area contributed by atoms with Crippen molar-refractivity contribution >= 4 is 11.6 Å². The van der Waals surface area contributed by atoms with Gasteiger partial charge in [0.25, 0.3) is 0 Å². The fraction of sp³-hybridized carbons (Fsp3) is 0.267. The number of likely N-dealkylation sites (N-methyl/N-ethyl adjacent to an activating group) is 1. The van der Waals surface area contributed by atoms with E-state index in [0.29, 0.717) is 17.1 Å². The molecule has 21 heavy (non-hydrogen) atoms. The summed E-state index contributed by atoms with van der Waals surface area (Å²) in [5.41, 5.74) is 0.712. The lowest BCUT2D eigenvalue weighted by atomic mass is 10.0. The van der Waals surface area contributed by atoms with Gasteiger partial charge in [-0.15, -0.1) is 0 Å². The summed E-state index contributed by atoms with van der Waals surface area (Å²) >= 11 is 6.10. The highest BCUT2D eigenvalue weighted by Gasteiger charge is 2.30. The maximum atomic E-state index is 12.5. The van der Waals surface area contributed by atoms with Crippen LogP contribution in [-0.2, 0) is 12.6 Å². The fourth-order valence-corrected chi connectivity index (χ4v) is 2.23. The van der Waals surface area contributed by atoms with Crippen molar-refractivity contribution < 1.29 is 13.2 Å². The summed E-state index contributed by atoms with van der Waals surface area (Å²) in [4.78, 5) is 3.92. The van der Waals surface area contributed by atoms with E-state index in [4.69, 9.17) is 11.6 Å². The van der Waals surface area contributed by atoms with Crippen molar-refractivity contribution in [2.75, 3.05) is 7.05 Å². The molecule has 1 N–H and O–H groups in total. The molecule has 0 saturated carbocycles. The van der Waals surface area contributed by atoms with Gasteiger partial charge in [-0.2, -0.15) is 13.2 Å². The van der Waals surface area contributed by atoms with Crippen molar-refractivity contribution in [1.29, 1.82) is 0 Å². The Bertz CT molecular complexity index is 597. The van der Waals surface area contributed by atoms with Gasteiger partial charge in [0.2, 0.25) is 0 Å². The van der Waals surface area contributed by atoms with Crippen LogP contribution >= 0.6 is 11.6 Å². The first kappa shape index (κ1) is 15.8. The van der Waals surface area contributed by atoms with E-state index in [1.807, 2.05) is 18.2 Å². The van der Waals surface area contributed by atoms with Crippen molar-refractivity contribution in [2.24, 2.45) is 0 Å². The third-order valence-electron chi connectivity index (χ3n) is 3.20. The van der Waals surface area contributed by atoms with Gasteiger partial charge in [0.05, 0.1) is 17.3 Å². The molecule has 0 aliphatic heterocycles. The minimum absolute atomic E-state index is 0.202. The predicted molar refractivity (Wildman–Crippen MR) is 76.2 cm³/mol. The second kappa shape index (κ2) is 6.45. The zero-order valence-corrected chi connectivity index (χ0v) is 12.0. The van der Waals surface area contributed by atoms with E-state index in [1.165, 1.54) is 6.07 Å². The largest absolute Gasteiger partial charge is 0.417 e. The van der Waals surface area contributed by atoms with Crippen LogP contribution < -0.4 is 5.32 Å². The Labute approximate surface area is 126 Å². The Balaban J connectivity index is 2.20. The standard InChI is InChI=1S/C15H14ClF3N2/c1-20-14(8-10-4-2-3-5-12(10)16)13-7-6-11(9-21-13)15(17,18)19/h2-7,9,14,20H,8H2,1H3. The molecule has 0 bridgehead atoms. The van der Waals surface area contributed by atoms with Crippen molar-refractivity contribution in [3.05, 3.63) is 64.4 Å². The van der Waals surface area contributed by atoms with Gasteiger partial charge < -0.3 is 5.32 Å². The molecule has 2 rings (SSSR count). The molecule has 1 unspecified atom stereocenters. The molecule has 112 valence electrons. The summed E-state index contributed by atoms with van der Waals surface area (Å²) in [6.45, 7) is 0. The number of nitrogens with zero attached hydrogens (tertiary/aromatic N) is 1. The molecular weight excluding hydrogens is 301 g/mol. The molecule has 0 radical (unpaired) electrons. The van der Waals surface area contributed by atoms with Gasteiger partial charge in [0.15, 0.2) is 0 Å². The van der Waals surface area contributed by atoms with Crippen molar-refractivity contribution in [1.82, 2.24) is 10.3 Å². The number of halogens is 4. The van der Waals surface area contributed by atoms with Gasteiger partial charge in [0, 0.05) is 11.2 Å². The molecule has 2 aromatic rings. The number of nitrogens with one attached hydrogen (secondary N) is 1. The number of pyridine rings is 1. The van der Waals surface area contributed by atoms with Crippen LogP contribution in [0, 0.1) is 0 Å². The van der Waals surface area contributed by atoms with Crippen molar-refractivity contribution in [3.8, 4) is 0 Å². The molecule has 6 heteroatoms. The molecule has 1 atom stereocenters. The molecular formula is C15H14ClF3N2. The molecule has 1 heterocycles. The second-order valence-corrected chi connectivity index (χ2v) is 5.01. The highest BCUT2D eigenvalue weighted by molar-refractivity contribution is 6.31. The second-order valence-electron chi connectivity index (χ2n) is 4.61. The summed E-state index contributed by atoms with van der Waals surface area (Å²) in [6.07, 6.45) is -2.97. The zero-order valence-electron chi connectivity index (χ0n) is 11.3. The van der Waals surface area contributed by atoms with Crippen molar-refractivity contribution in [2.45, 2.75) is 18.6 Å². The van der Waals surface area contributed by atoms with E-state index in [2.05, 4.69) is 10.3 Å². The molecule has 0 saturated heterocycles. The Morgan fingerprint density at radius 1 is 1.19 bits per heavy atom. The molecule has 1 aromatic carbocycles. The number of rotatable bonds is 4. The first-order valence-electron chi connectivity index (χ1n) is 6.35. The lowest BCUT2D eigenvalue weighted by molar-refractivity contribution is -0.137. The lowest BCUT2D eigenvalue weighted by Crippen LogP contribution is -2.20. The molecule has 0 aliphatic carbocycles. The maximum Gasteiger partial charge on any atom is 0.417 e. The minimum atomic E-state index is -4.37. The van der Waals surface area contributed by atoms with E-state index in [0.717, 1.165) is 17.8 Å². The average molecular weight is 315 g/mol. The predicted octanol–water partition coefficient (Wildman–Crippen LogP) is 4.26. The third-order valence-corrected chi connectivity index (χ3v) is 3.57. The van der Waals surface area contributed by atoms with Crippen LogP contribution in [-0.4, -0.2) is 12.0 Å². The van der Waals surface area contributed by atoms with Crippen LogP contribution in [0.3, 0.4) is 0 Å². The number of hydrogen-bond donors (Lipinski definition) is 1. The van der Waals surface area contributed by atoms with Gasteiger partial charge in [0.1, 0.15) is 0 Å². The monoisotopic (exact) mass is 314 g/mol. The summed E-state index contributed by atoms with van der Waals surface area (Å²) < 4.78 is 37.6. The third kappa shape index (κ3) is 3.95. The molecule has 0 amide bonds. The van der Waals surface area contributed by atoms with Crippen LogP contribution in [0.15, 0.2) is 42.6 Å². The molecule has 0 aliphatic rings. The van der Waals surface area contributed by atoms with E-state index >= 15 is 0 Å². The van der Waals surface area contributed by atoms with Gasteiger partial charge in [-0.05, 0) is 37.2 Å². The topological polar surface area (TPSA) is 24.9 Å². The zero-order chi connectivity index (χ0) is 15.5. The molecule has 0 spiro atoms. The number of alkyl halides is 3. The van der Waals surface area contributed by atoms with Crippen molar-refractivity contribution in [3.63, 3.8) is 0 Å². The van der Waals surface area contributed by atoms with Crippen LogP contribution in [0.2, 0.25) is 5.02 Å². The first-order chi connectivity index (χ1) is 9.91. The highest BCUT2D eigenvalue weighted by Crippen LogP contribution is 2.29. The minimum Gasteiger partial charge on any atom is -0.311 e. The van der Waals surface area contributed by atoms with E-state index in [9.17, 15) is 13.2 Å². The number of benzene rings is 1. The van der Waals surface area contributed by atoms with Crippen LogP contribution in [0.4, 0.5) is 13.2 Å². The van der Waals surface area contributed by atoms with Gasteiger partial charge in [-0.1, -0.05) is 29.8 Å². The SMILES string of the molecule is CNC(Cc1ccccc1Cl)c1ccc(C(F)(F)F)cn1. The Morgan fingerprint density at radius 2 is 1.90 bits per heavy atom. The smallest absolute Gasteiger partial charge is 0.311 e. The Morgan fingerprint density at radius 3 is 2.43 bits per heavy atom. The van der Waals surface area contributed by atoms with E-state index in [1.54, 1.807) is 13.1 Å². The quantitative estimate of drug-likeness (QED) is 0.912. The maximum absolute atomic E-state index is 12.5. The van der Waals surface area contributed by atoms with Gasteiger partial charge in [-0.3, -0.25) is 4.98 Å². The fourth-order valence-electron chi connectivity index (χ4n) is 2.02. The highest BCUT2D eigenvalue weighted by atomic mass is 35.5. The molecule has 1 aromatic heterocycles. The van der Waals surface area contributed by atoms with Gasteiger partial charge in [-0.25, -0.2) is 0 Å². The lowest BCUT2D eigenvalue weighted by Gasteiger charge is -2.17. The normalized spacial score (nSPS) is 13.2. The van der Waals surface area contributed by atoms with Crippen LogP contribution in [0.1, 0.15) is 22.9 Å². The van der Waals surface area contributed by atoms with E-state index in [-0.39, 0.29) is 6.04 Å². The molecule has 2 nitrogen and oxygen atoms in total. The number of aromatic nitrogens is 1. The molecule has 0 fully saturated rings. The number of hydrogen-bond acceptors (Lipinski definition) is 2. The summed E-state index contributed by atoms with van der Waals surface area (Å²) in [5.74, 6) is 0. The Hall–Kier alpha value is -1.59. The summed E-state index contributed by atoms with van der Waals surface area (Å²) in [6, 6.07) is 9.60.